The van der Waals surface area contributed by atoms with Crippen molar-refractivity contribution >= 4 is 10.8 Å². The predicted molar refractivity (Wildman–Crippen MR) is 110 cm³/mol. The summed E-state index contributed by atoms with van der Waals surface area (Å²) >= 11 is 0. The Bertz CT molecular complexity index is 1040. The van der Waals surface area contributed by atoms with Crippen molar-refractivity contribution < 1.29 is 17.7 Å². The van der Waals surface area contributed by atoms with Gasteiger partial charge in [0.1, 0.15) is 6.54 Å². The average molecular weight is 401 g/mol. The standard InChI is InChI=1S/C24H28F3N2/c1-4-5-11-29-15-20-19-8-7-17-14-28(12-6-10-24(25,26)27)13-9-18(17)22(19)23(2,3)21(20)16-29/h7-9,13-16H,4-6,10-12H2,1-3H3/q+1. The Morgan fingerprint density at radius 2 is 1.83 bits per heavy atom. The van der Waals surface area contributed by atoms with Crippen molar-refractivity contribution in [1.82, 2.24) is 4.57 Å². The summed E-state index contributed by atoms with van der Waals surface area (Å²) in [5.41, 5.74) is 5.18. The number of rotatable bonds is 6. The molecule has 0 aliphatic heterocycles. The number of unbranched alkanes of at least 4 members (excludes halogenated alkanes) is 1. The van der Waals surface area contributed by atoms with Crippen molar-refractivity contribution in [3.63, 3.8) is 0 Å². The highest BCUT2D eigenvalue weighted by Crippen LogP contribution is 2.51. The van der Waals surface area contributed by atoms with Crippen molar-refractivity contribution in [1.29, 1.82) is 0 Å². The fourth-order valence-corrected chi connectivity index (χ4v) is 4.64. The second-order valence-electron chi connectivity index (χ2n) is 8.69. The zero-order valence-electron chi connectivity index (χ0n) is 17.3. The van der Waals surface area contributed by atoms with Gasteiger partial charge < -0.3 is 4.57 Å². The van der Waals surface area contributed by atoms with Crippen LogP contribution in [0.1, 0.15) is 57.6 Å². The third-order valence-corrected chi connectivity index (χ3v) is 6.13. The van der Waals surface area contributed by atoms with Crippen molar-refractivity contribution in [2.45, 2.75) is 71.1 Å². The fourth-order valence-electron chi connectivity index (χ4n) is 4.64. The number of nitrogens with zero attached hydrogens (tertiary/aromatic N) is 2. The van der Waals surface area contributed by atoms with E-state index in [-0.39, 0.29) is 11.8 Å². The van der Waals surface area contributed by atoms with Gasteiger partial charge in [0.05, 0.1) is 0 Å². The van der Waals surface area contributed by atoms with Gasteiger partial charge in [-0.1, -0.05) is 33.3 Å². The number of aromatic nitrogens is 2. The summed E-state index contributed by atoms with van der Waals surface area (Å²) in [5, 5.41) is 2.27. The van der Waals surface area contributed by atoms with E-state index in [1.807, 2.05) is 17.0 Å². The molecule has 0 saturated carbocycles. The normalized spacial score (nSPS) is 15.0. The molecule has 0 bridgehead atoms. The van der Waals surface area contributed by atoms with Gasteiger partial charge >= 0.3 is 6.18 Å². The molecule has 0 amide bonds. The van der Waals surface area contributed by atoms with Crippen molar-refractivity contribution in [3.8, 4) is 11.1 Å². The van der Waals surface area contributed by atoms with Gasteiger partial charge in [-0.2, -0.15) is 13.2 Å². The van der Waals surface area contributed by atoms with Crippen LogP contribution in [-0.4, -0.2) is 10.7 Å². The molecule has 5 heteroatoms. The molecule has 0 fully saturated rings. The SMILES string of the molecule is CCCCn1cc2c(c1)C(C)(C)c1c-2ccc2c[n+](CCCC(F)(F)F)ccc12. The maximum Gasteiger partial charge on any atom is 0.389 e. The molecule has 0 atom stereocenters. The molecular weight excluding hydrogens is 373 g/mol. The molecule has 0 saturated heterocycles. The molecule has 154 valence electrons. The van der Waals surface area contributed by atoms with Crippen LogP contribution in [0.5, 0.6) is 0 Å². The van der Waals surface area contributed by atoms with Crippen molar-refractivity contribution in [2.75, 3.05) is 0 Å². The Morgan fingerprint density at radius 3 is 2.55 bits per heavy atom. The van der Waals surface area contributed by atoms with Crippen molar-refractivity contribution in [2.24, 2.45) is 0 Å². The highest BCUT2D eigenvalue weighted by molar-refractivity contribution is 5.96. The molecule has 29 heavy (non-hydrogen) atoms. The van der Waals surface area contributed by atoms with E-state index in [4.69, 9.17) is 0 Å². The Kier molecular flexibility index (Phi) is 4.96. The lowest BCUT2D eigenvalue weighted by atomic mass is 9.81. The Morgan fingerprint density at radius 1 is 1.03 bits per heavy atom. The Balaban J connectivity index is 1.68. The molecule has 0 radical (unpaired) electrons. The molecule has 0 N–H and O–H groups in total. The first kappa shape index (κ1) is 20.0. The maximum absolute atomic E-state index is 12.4. The van der Waals surface area contributed by atoms with Gasteiger partial charge in [0.15, 0.2) is 12.4 Å². The molecule has 1 aromatic carbocycles. The van der Waals surface area contributed by atoms with Gasteiger partial charge in [-0.15, -0.1) is 0 Å². The average Bonchev–Trinajstić information content (AvgIpc) is 3.16. The Hall–Kier alpha value is -2.30. The minimum atomic E-state index is -4.09. The topological polar surface area (TPSA) is 8.81 Å². The highest BCUT2D eigenvalue weighted by Gasteiger charge is 2.38. The number of halogens is 3. The minimum absolute atomic E-state index is 0.0931. The molecule has 1 aliphatic carbocycles. The maximum atomic E-state index is 12.4. The van der Waals surface area contributed by atoms with Crippen LogP contribution in [0.25, 0.3) is 21.9 Å². The summed E-state index contributed by atoms with van der Waals surface area (Å²) in [7, 11) is 0. The van der Waals surface area contributed by atoms with E-state index in [0.717, 1.165) is 11.9 Å². The summed E-state index contributed by atoms with van der Waals surface area (Å²) in [4.78, 5) is 0. The van der Waals surface area contributed by atoms with Crippen LogP contribution >= 0.6 is 0 Å². The molecule has 2 nitrogen and oxygen atoms in total. The number of hydrogen-bond donors (Lipinski definition) is 0. The zero-order chi connectivity index (χ0) is 20.8. The van der Waals surface area contributed by atoms with E-state index < -0.39 is 12.6 Å². The summed E-state index contributed by atoms with van der Waals surface area (Å²) in [6, 6.07) is 6.35. The van der Waals surface area contributed by atoms with Crippen LogP contribution in [-0.2, 0) is 18.5 Å². The lowest BCUT2D eigenvalue weighted by Gasteiger charge is -2.22. The summed E-state index contributed by atoms with van der Waals surface area (Å²) < 4.78 is 41.5. The smallest absolute Gasteiger partial charge is 0.353 e. The summed E-state index contributed by atoms with van der Waals surface area (Å²) in [6.07, 6.45) is 6.07. The molecule has 2 aromatic heterocycles. The van der Waals surface area contributed by atoms with Crippen LogP contribution in [0.15, 0.2) is 43.0 Å². The third kappa shape index (κ3) is 3.67. The van der Waals surface area contributed by atoms with Crippen LogP contribution in [0.4, 0.5) is 13.2 Å². The zero-order valence-corrected chi connectivity index (χ0v) is 17.3. The van der Waals surface area contributed by atoms with Gasteiger partial charge in [-0.25, -0.2) is 4.57 Å². The summed E-state index contributed by atoms with van der Waals surface area (Å²) in [6.45, 7) is 8.16. The number of aryl methyl sites for hydroxylation is 2. The number of alkyl halides is 3. The first-order valence-electron chi connectivity index (χ1n) is 10.4. The van der Waals surface area contributed by atoms with E-state index in [1.165, 1.54) is 40.5 Å². The lowest BCUT2D eigenvalue weighted by molar-refractivity contribution is -0.696. The Labute approximate surface area is 170 Å². The molecule has 0 unspecified atom stereocenters. The number of hydrogen-bond acceptors (Lipinski definition) is 0. The minimum Gasteiger partial charge on any atom is -0.353 e. The van der Waals surface area contributed by atoms with E-state index in [2.05, 4.69) is 55.9 Å². The molecule has 3 aromatic rings. The third-order valence-electron chi connectivity index (χ3n) is 6.13. The highest BCUT2D eigenvalue weighted by atomic mass is 19.4. The first-order chi connectivity index (χ1) is 13.7. The number of fused-ring (bicyclic) bond motifs is 5. The fraction of sp³-hybridized carbons (Fsp3) is 0.458. The largest absolute Gasteiger partial charge is 0.389 e. The second kappa shape index (κ2) is 7.19. The molecule has 0 spiro atoms. The molecule has 2 heterocycles. The van der Waals surface area contributed by atoms with Crippen LogP contribution in [0.2, 0.25) is 0 Å². The van der Waals surface area contributed by atoms with Crippen LogP contribution < -0.4 is 4.57 Å². The molecule has 1 aliphatic rings. The van der Waals surface area contributed by atoms with Crippen LogP contribution in [0.3, 0.4) is 0 Å². The van der Waals surface area contributed by atoms with Crippen molar-refractivity contribution in [3.05, 3.63) is 54.1 Å². The second-order valence-corrected chi connectivity index (χ2v) is 8.69. The number of benzene rings is 1. The van der Waals surface area contributed by atoms with Gasteiger partial charge in [-0.3, -0.25) is 0 Å². The van der Waals surface area contributed by atoms with Gasteiger partial charge in [0, 0.05) is 54.2 Å². The predicted octanol–water partition coefficient (Wildman–Crippen LogP) is 6.38. The quantitative estimate of drug-likeness (QED) is 0.424. The van der Waals surface area contributed by atoms with E-state index in [0.29, 0.717) is 6.54 Å². The monoisotopic (exact) mass is 401 g/mol. The van der Waals surface area contributed by atoms with E-state index in [1.54, 1.807) is 0 Å². The van der Waals surface area contributed by atoms with Gasteiger partial charge in [0.25, 0.3) is 0 Å². The van der Waals surface area contributed by atoms with Gasteiger partial charge in [-0.05, 0) is 34.6 Å². The summed E-state index contributed by atoms with van der Waals surface area (Å²) in [5.74, 6) is 0. The lowest BCUT2D eigenvalue weighted by Crippen LogP contribution is -2.33. The molecule has 4 rings (SSSR count). The first-order valence-corrected chi connectivity index (χ1v) is 10.4. The van der Waals surface area contributed by atoms with E-state index >= 15 is 0 Å². The van der Waals surface area contributed by atoms with E-state index in [9.17, 15) is 13.2 Å². The number of pyridine rings is 1. The molecular formula is C24H28F3N2+. The van der Waals surface area contributed by atoms with Crippen LogP contribution in [0, 0.1) is 0 Å². The van der Waals surface area contributed by atoms with Gasteiger partial charge in [0.2, 0.25) is 0 Å².